The molecule has 0 unspecified atom stereocenters. The van der Waals surface area contributed by atoms with Crippen molar-refractivity contribution in [3.8, 4) is 6.07 Å². The second kappa shape index (κ2) is 9.18. The van der Waals surface area contributed by atoms with Gasteiger partial charge in [0.05, 0.1) is 6.04 Å². The second-order valence-corrected chi connectivity index (χ2v) is 7.03. The van der Waals surface area contributed by atoms with E-state index in [2.05, 4.69) is 10.2 Å². The first-order valence-corrected chi connectivity index (χ1v) is 9.60. The topological polar surface area (TPSA) is 56.1 Å². The van der Waals surface area contributed by atoms with Crippen LogP contribution in [0.5, 0.6) is 0 Å². The molecule has 28 heavy (non-hydrogen) atoms. The number of benzene rings is 2. The number of piperidine rings is 1. The number of halogens is 1. The molecule has 2 aromatic rings. The molecule has 1 heterocycles. The lowest BCUT2D eigenvalue weighted by Gasteiger charge is -2.28. The van der Waals surface area contributed by atoms with Crippen LogP contribution < -0.4 is 10.2 Å². The molecule has 0 saturated carbocycles. The van der Waals surface area contributed by atoms with Crippen molar-refractivity contribution in [2.75, 3.05) is 18.0 Å². The lowest BCUT2D eigenvalue weighted by Crippen LogP contribution is -2.29. The number of nitrogens with one attached hydrogen (secondary N) is 1. The predicted octanol–water partition coefficient (Wildman–Crippen LogP) is 4.60. The third-order valence-electron chi connectivity index (χ3n) is 5.02. The van der Waals surface area contributed by atoms with Crippen LogP contribution in [-0.4, -0.2) is 19.0 Å². The van der Waals surface area contributed by atoms with Crippen molar-refractivity contribution >= 4 is 17.7 Å². The van der Waals surface area contributed by atoms with Gasteiger partial charge in [-0.15, -0.1) is 0 Å². The Bertz CT molecular complexity index is 896. The highest BCUT2D eigenvalue weighted by atomic mass is 19.1. The highest BCUT2D eigenvalue weighted by molar-refractivity contribution is 6.01. The lowest BCUT2D eigenvalue weighted by atomic mass is 10.1. The summed E-state index contributed by atoms with van der Waals surface area (Å²) in [4.78, 5) is 14.6. The minimum atomic E-state index is -0.515. The SMILES string of the molecule is C[C@@H](NC(=O)/C(C#N)=C\c1ccc(N2CCCCC2)cc1F)c1ccccc1. The first-order valence-electron chi connectivity index (χ1n) is 9.60. The number of carbonyl (C=O) groups is 1. The summed E-state index contributed by atoms with van der Waals surface area (Å²) in [6, 6.07) is 16.1. The molecule has 1 aliphatic rings. The number of amides is 1. The van der Waals surface area contributed by atoms with E-state index in [9.17, 15) is 14.4 Å². The van der Waals surface area contributed by atoms with Crippen LogP contribution in [0.15, 0.2) is 54.1 Å². The Balaban J connectivity index is 1.74. The van der Waals surface area contributed by atoms with Gasteiger partial charge in [0.1, 0.15) is 17.5 Å². The molecule has 1 fully saturated rings. The third kappa shape index (κ3) is 4.77. The third-order valence-corrected chi connectivity index (χ3v) is 5.02. The van der Waals surface area contributed by atoms with Gasteiger partial charge >= 0.3 is 0 Å². The highest BCUT2D eigenvalue weighted by Gasteiger charge is 2.16. The van der Waals surface area contributed by atoms with Gasteiger partial charge in [-0.3, -0.25) is 4.79 Å². The summed E-state index contributed by atoms with van der Waals surface area (Å²) < 4.78 is 14.6. The summed E-state index contributed by atoms with van der Waals surface area (Å²) in [5.74, 6) is -0.946. The standard InChI is InChI=1S/C23H24FN3O/c1-17(18-8-4-2-5-9-18)26-23(28)20(16-25)14-19-10-11-21(15-22(19)24)27-12-6-3-7-13-27/h2,4-5,8-11,14-15,17H,3,6-7,12-13H2,1H3,(H,26,28)/b20-14-/t17-/m1/s1. The lowest BCUT2D eigenvalue weighted by molar-refractivity contribution is -0.117. The molecule has 0 radical (unpaired) electrons. The molecule has 5 heteroatoms. The quantitative estimate of drug-likeness (QED) is 0.612. The normalized spacial score (nSPS) is 15.6. The Morgan fingerprint density at radius 2 is 1.89 bits per heavy atom. The van der Waals surface area contributed by atoms with Crippen molar-refractivity contribution in [3.05, 3.63) is 71.0 Å². The van der Waals surface area contributed by atoms with Crippen LogP contribution in [0.3, 0.4) is 0 Å². The highest BCUT2D eigenvalue weighted by Crippen LogP contribution is 2.24. The zero-order valence-electron chi connectivity index (χ0n) is 16.0. The van der Waals surface area contributed by atoms with Crippen molar-refractivity contribution in [1.82, 2.24) is 5.32 Å². The second-order valence-electron chi connectivity index (χ2n) is 7.03. The molecule has 1 N–H and O–H groups in total. The Labute approximate surface area is 165 Å². The summed E-state index contributed by atoms with van der Waals surface area (Å²) in [5, 5.41) is 12.2. The molecule has 2 aromatic carbocycles. The zero-order valence-corrected chi connectivity index (χ0v) is 16.0. The summed E-state index contributed by atoms with van der Waals surface area (Å²) in [6.07, 6.45) is 4.74. The van der Waals surface area contributed by atoms with Crippen LogP contribution in [0.1, 0.15) is 43.4 Å². The van der Waals surface area contributed by atoms with Gasteiger partial charge in [0.25, 0.3) is 5.91 Å². The van der Waals surface area contributed by atoms with E-state index in [4.69, 9.17) is 0 Å². The average molecular weight is 377 g/mol. The largest absolute Gasteiger partial charge is 0.371 e. The molecule has 4 nitrogen and oxygen atoms in total. The van der Waals surface area contributed by atoms with Gasteiger partial charge in [-0.1, -0.05) is 30.3 Å². The van der Waals surface area contributed by atoms with Crippen molar-refractivity contribution in [3.63, 3.8) is 0 Å². The monoisotopic (exact) mass is 377 g/mol. The smallest absolute Gasteiger partial charge is 0.262 e. The molecule has 0 spiro atoms. The van der Waals surface area contributed by atoms with E-state index in [1.54, 1.807) is 6.07 Å². The fourth-order valence-electron chi connectivity index (χ4n) is 3.39. The maximum Gasteiger partial charge on any atom is 0.262 e. The summed E-state index contributed by atoms with van der Waals surface area (Å²) in [5.41, 5.74) is 1.90. The number of carbonyl (C=O) groups excluding carboxylic acids is 1. The van der Waals surface area contributed by atoms with Gasteiger partial charge in [0.2, 0.25) is 0 Å². The minimum absolute atomic E-state index is 0.118. The number of anilines is 1. The van der Waals surface area contributed by atoms with E-state index in [1.165, 1.54) is 18.6 Å². The predicted molar refractivity (Wildman–Crippen MR) is 109 cm³/mol. The molecule has 1 amide bonds. The molecule has 1 aliphatic heterocycles. The first-order chi connectivity index (χ1) is 13.6. The molecule has 0 bridgehead atoms. The molecule has 3 rings (SSSR count). The van der Waals surface area contributed by atoms with Crippen LogP contribution in [0.4, 0.5) is 10.1 Å². The van der Waals surface area contributed by atoms with Gasteiger partial charge in [0, 0.05) is 24.3 Å². The van der Waals surface area contributed by atoms with Gasteiger partial charge in [0.15, 0.2) is 0 Å². The minimum Gasteiger partial charge on any atom is -0.371 e. The molecule has 0 aromatic heterocycles. The van der Waals surface area contributed by atoms with E-state index in [1.807, 2.05) is 49.4 Å². The van der Waals surface area contributed by atoms with Crippen LogP contribution in [0.25, 0.3) is 6.08 Å². The van der Waals surface area contributed by atoms with E-state index >= 15 is 0 Å². The van der Waals surface area contributed by atoms with Gasteiger partial charge in [-0.05, 0) is 56.0 Å². The molecule has 144 valence electrons. The Hall–Kier alpha value is -3.13. The maximum absolute atomic E-state index is 14.6. The van der Waals surface area contributed by atoms with Crippen molar-refractivity contribution in [1.29, 1.82) is 5.26 Å². The zero-order chi connectivity index (χ0) is 19.9. The molecule has 1 atom stereocenters. The molecular formula is C23H24FN3O. The fraction of sp³-hybridized carbons (Fsp3) is 0.304. The summed E-state index contributed by atoms with van der Waals surface area (Å²) in [7, 11) is 0. The number of hydrogen-bond donors (Lipinski definition) is 1. The molecule has 1 saturated heterocycles. The van der Waals surface area contributed by atoms with Gasteiger partial charge in [-0.25, -0.2) is 4.39 Å². The van der Waals surface area contributed by atoms with Gasteiger partial charge < -0.3 is 10.2 Å². The number of hydrogen-bond acceptors (Lipinski definition) is 3. The maximum atomic E-state index is 14.6. The van der Waals surface area contributed by atoms with E-state index in [-0.39, 0.29) is 17.2 Å². The van der Waals surface area contributed by atoms with Crippen LogP contribution >= 0.6 is 0 Å². The van der Waals surface area contributed by atoms with E-state index in [0.29, 0.717) is 0 Å². The summed E-state index contributed by atoms with van der Waals surface area (Å²) >= 11 is 0. The Morgan fingerprint density at radius 1 is 1.18 bits per heavy atom. The van der Waals surface area contributed by atoms with Crippen LogP contribution in [0, 0.1) is 17.1 Å². The van der Waals surface area contributed by atoms with Crippen LogP contribution in [-0.2, 0) is 4.79 Å². The van der Waals surface area contributed by atoms with Gasteiger partial charge in [-0.2, -0.15) is 5.26 Å². The van der Waals surface area contributed by atoms with Crippen molar-refractivity contribution in [2.24, 2.45) is 0 Å². The Kier molecular flexibility index (Phi) is 6.44. The first kappa shape index (κ1) is 19.6. The van der Waals surface area contributed by atoms with Crippen molar-refractivity contribution < 1.29 is 9.18 Å². The number of rotatable bonds is 5. The molecular weight excluding hydrogens is 353 g/mol. The van der Waals surface area contributed by atoms with E-state index < -0.39 is 11.7 Å². The van der Waals surface area contributed by atoms with Crippen molar-refractivity contribution in [2.45, 2.75) is 32.2 Å². The van der Waals surface area contributed by atoms with E-state index in [0.717, 1.165) is 37.2 Å². The van der Waals surface area contributed by atoms with Crippen LogP contribution in [0.2, 0.25) is 0 Å². The average Bonchev–Trinajstić information content (AvgIpc) is 2.74. The number of nitriles is 1. The fourth-order valence-corrected chi connectivity index (χ4v) is 3.39. The summed E-state index contributed by atoms with van der Waals surface area (Å²) in [6.45, 7) is 3.70. The number of nitrogens with zero attached hydrogens (tertiary/aromatic N) is 2. The Morgan fingerprint density at radius 3 is 2.54 bits per heavy atom. The molecule has 0 aliphatic carbocycles.